The van der Waals surface area contributed by atoms with Crippen LogP contribution < -0.4 is 0 Å². The average Bonchev–Trinajstić information content (AvgIpc) is 2.61. The SMILES string of the molecule is N#CCCCN1CCN(CCc2cccc3ccccc23)CC1. The van der Waals surface area contributed by atoms with E-state index in [1.807, 2.05) is 0 Å². The van der Waals surface area contributed by atoms with Gasteiger partial charge in [-0.1, -0.05) is 42.5 Å². The van der Waals surface area contributed by atoms with E-state index in [4.69, 9.17) is 5.26 Å². The van der Waals surface area contributed by atoms with Crippen LogP contribution in [0.4, 0.5) is 0 Å². The van der Waals surface area contributed by atoms with Gasteiger partial charge in [0, 0.05) is 39.1 Å². The van der Waals surface area contributed by atoms with Crippen LogP contribution >= 0.6 is 0 Å². The lowest BCUT2D eigenvalue weighted by molar-refractivity contribution is 0.133. The van der Waals surface area contributed by atoms with E-state index in [-0.39, 0.29) is 0 Å². The van der Waals surface area contributed by atoms with Gasteiger partial charge in [0.1, 0.15) is 0 Å². The maximum absolute atomic E-state index is 8.61. The van der Waals surface area contributed by atoms with Gasteiger partial charge in [-0.3, -0.25) is 0 Å². The summed E-state index contributed by atoms with van der Waals surface area (Å²) >= 11 is 0. The molecule has 0 spiro atoms. The Morgan fingerprint density at radius 1 is 0.870 bits per heavy atom. The molecule has 0 unspecified atom stereocenters. The van der Waals surface area contributed by atoms with Crippen molar-refractivity contribution in [2.24, 2.45) is 0 Å². The first-order valence-electron chi connectivity index (χ1n) is 8.65. The molecule has 3 nitrogen and oxygen atoms in total. The second kappa shape index (κ2) is 8.10. The molecule has 0 aromatic heterocycles. The Hall–Kier alpha value is -1.89. The second-order valence-electron chi connectivity index (χ2n) is 6.33. The van der Waals surface area contributed by atoms with Crippen LogP contribution in [0, 0.1) is 11.3 Å². The lowest BCUT2D eigenvalue weighted by Gasteiger charge is -2.34. The topological polar surface area (TPSA) is 30.3 Å². The summed E-state index contributed by atoms with van der Waals surface area (Å²) in [6.07, 6.45) is 2.81. The van der Waals surface area contributed by atoms with Crippen molar-refractivity contribution in [3.63, 3.8) is 0 Å². The number of unbranched alkanes of at least 4 members (excludes halogenated alkanes) is 1. The molecule has 3 heteroatoms. The molecule has 2 aromatic carbocycles. The molecule has 0 N–H and O–H groups in total. The van der Waals surface area contributed by atoms with Crippen LogP contribution in [0.25, 0.3) is 10.8 Å². The van der Waals surface area contributed by atoms with E-state index >= 15 is 0 Å². The number of piperazine rings is 1. The summed E-state index contributed by atoms with van der Waals surface area (Å²) in [7, 11) is 0. The smallest absolute Gasteiger partial charge is 0.0622 e. The van der Waals surface area contributed by atoms with Crippen LogP contribution in [0.15, 0.2) is 42.5 Å². The van der Waals surface area contributed by atoms with Gasteiger partial charge in [-0.2, -0.15) is 5.26 Å². The maximum atomic E-state index is 8.61. The fourth-order valence-electron chi connectivity index (χ4n) is 3.41. The number of hydrogen-bond donors (Lipinski definition) is 0. The molecule has 3 rings (SSSR count). The molecule has 1 aliphatic rings. The minimum atomic E-state index is 0.682. The lowest BCUT2D eigenvalue weighted by atomic mass is 10.0. The Kier molecular flexibility index (Phi) is 5.63. The standard InChI is InChI=1S/C20H25N3/c21-11-3-4-12-22-14-16-23(17-15-22)13-10-19-8-5-7-18-6-1-2-9-20(18)19/h1-2,5-9H,3-4,10,12-17H2. The largest absolute Gasteiger partial charge is 0.301 e. The maximum Gasteiger partial charge on any atom is 0.0622 e. The van der Waals surface area contributed by atoms with Gasteiger partial charge in [-0.25, -0.2) is 0 Å². The van der Waals surface area contributed by atoms with Crippen molar-refractivity contribution >= 4 is 10.8 Å². The van der Waals surface area contributed by atoms with E-state index < -0.39 is 0 Å². The van der Waals surface area contributed by atoms with E-state index in [1.165, 1.54) is 16.3 Å². The van der Waals surface area contributed by atoms with Crippen molar-refractivity contribution in [3.05, 3.63) is 48.0 Å². The third kappa shape index (κ3) is 4.31. The molecule has 0 amide bonds. The summed E-state index contributed by atoms with van der Waals surface area (Å²) in [5.41, 5.74) is 1.46. The molecular formula is C20H25N3. The first-order chi connectivity index (χ1) is 11.4. The number of rotatable bonds is 6. The Bertz CT molecular complexity index is 661. The van der Waals surface area contributed by atoms with Gasteiger partial charge in [-0.05, 0) is 35.7 Å². The summed E-state index contributed by atoms with van der Waals surface area (Å²) in [6, 6.07) is 17.5. The predicted molar refractivity (Wildman–Crippen MR) is 95.4 cm³/mol. The van der Waals surface area contributed by atoms with E-state index in [0.717, 1.165) is 52.1 Å². The molecule has 1 aliphatic heterocycles. The van der Waals surface area contributed by atoms with E-state index in [0.29, 0.717) is 6.42 Å². The predicted octanol–water partition coefficient (Wildman–Crippen LogP) is 3.30. The lowest BCUT2D eigenvalue weighted by Crippen LogP contribution is -2.47. The van der Waals surface area contributed by atoms with E-state index in [2.05, 4.69) is 58.3 Å². The molecule has 1 saturated heterocycles. The van der Waals surface area contributed by atoms with Crippen molar-refractivity contribution in [2.45, 2.75) is 19.3 Å². The van der Waals surface area contributed by atoms with E-state index in [1.54, 1.807) is 0 Å². The molecule has 0 saturated carbocycles. The zero-order chi connectivity index (χ0) is 15.9. The summed E-state index contributed by atoms with van der Waals surface area (Å²) in [4.78, 5) is 5.06. The Labute approximate surface area is 139 Å². The zero-order valence-corrected chi connectivity index (χ0v) is 13.7. The normalized spacial score (nSPS) is 16.5. The fraction of sp³-hybridized carbons (Fsp3) is 0.450. The quantitative estimate of drug-likeness (QED) is 0.767. The monoisotopic (exact) mass is 307 g/mol. The van der Waals surface area contributed by atoms with Crippen LogP contribution in [0.3, 0.4) is 0 Å². The zero-order valence-electron chi connectivity index (χ0n) is 13.7. The van der Waals surface area contributed by atoms with Crippen LogP contribution in [0.2, 0.25) is 0 Å². The Balaban J connectivity index is 1.49. The second-order valence-corrected chi connectivity index (χ2v) is 6.33. The average molecular weight is 307 g/mol. The molecule has 0 radical (unpaired) electrons. The number of hydrogen-bond acceptors (Lipinski definition) is 3. The molecular weight excluding hydrogens is 282 g/mol. The molecule has 1 fully saturated rings. The Morgan fingerprint density at radius 3 is 2.35 bits per heavy atom. The molecule has 0 aliphatic carbocycles. The van der Waals surface area contributed by atoms with Crippen molar-refractivity contribution in [1.82, 2.24) is 9.80 Å². The van der Waals surface area contributed by atoms with Crippen LogP contribution in [-0.4, -0.2) is 49.1 Å². The summed E-state index contributed by atoms with van der Waals surface area (Å²) in [5.74, 6) is 0. The molecule has 0 atom stereocenters. The van der Waals surface area contributed by atoms with Crippen LogP contribution in [-0.2, 0) is 6.42 Å². The van der Waals surface area contributed by atoms with Crippen molar-refractivity contribution in [1.29, 1.82) is 5.26 Å². The third-order valence-corrected chi connectivity index (χ3v) is 4.81. The van der Waals surface area contributed by atoms with Gasteiger partial charge in [0.05, 0.1) is 6.07 Å². The highest BCUT2D eigenvalue weighted by Gasteiger charge is 2.16. The first-order valence-corrected chi connectivity index (χ1v) is 8.65. The van der Waals surface area contributed by atoms with Gasteiger partial charge < -0.3 is 9.80 Å². The summed E-state index contributed by atoms with van der Waals surface area (Å²) in [6.45, 7) is 6.79. The number of nitriles is 1. The van der Waals surface area contributed by atoms with Crippen LogP contribution in [0.1, 0.15) is 18.4 Å². The highest BCUT2D eigenvalue weighted by molar-refractivity contribution is 5.85. The molecule has 0 bridgehead atoms. The van der Waals surface area contributed by atoms with Crippen molar-refractivity contribution < 1.29 is 0 Å². The Morgan fingerprint density at radius 2 is 1.57 bits per heavy atom. The highest BCUT2D eigenvalue weighted by Crippen LogP contribution is 2.19. The summed E-state index contributed by atoms with van der Waals surface area (Å²) in [5, 5.41) is 11.3. The van der Waals surface area contributed by atoms with Crippen LogP contribution in [0.5, 0.6) is 0 Å². The van der Waals surface area contributed by atoms with Crippen molar-refractivity contribution in [3.8, 4) is 6.07 Å². The van der Waals surface area contributed by atoms with Gasteiger partial charge >= 0.3 is 0 Å². The minimum absolute atomic E-state index is 0.682. The highest BCUT2D eigenvalue weighted by atomic mass is 15.3. The molecule has 2 aromatic rings. The van der Waals surface area contributed by atoms with Gasteiger partial charge in [0.2, 0.25) is 0 Å². The molecule has 120 valence electrons. The van der Waals surface area contributed by atoms with Gasteiger partial charge in [0.15, 0.2) is 0 Å². The van der Waals surface area contributed by atoms with E-state index in [9.17, 15) is 0 Å². The fourth-order valence-corrected chi connectivity index (χ4v) is 3.41. The number of benzene rings is 2. The minimum Gasteiger partial charge on any atom is -0.301 e. The molecule has 23 heavy (non-hydrogen) atoms. The van der Waals surface area contributed by atoms with Gasteiger partial charge in [-0.15, -0.1) is 0 Å². The van der Waals surface area contributed by atoms with Crippen molar-refractivity contribution in [2.75, 3.05) is 39.3 Å². The van der Waals surface area contributed by atoms with Gasteiger partial charge in [0.25, 0.3) is 0 Å². The number of fused-ring (bicyclic) bond motifs is 1. The molecule has 1 heterocycles. The number of nitrogens with zero attached hydrogens (tertiary/aromatic N) is 3. The summed E-state index contributed by atoms with van der Waals surface area (Å²) < 4.78 is 0. The third-order valence-electron chi connectivity index (χ3n) is 4.81. The first kappa shape index (κ1) is 16.0.